The highest BCUT2D eigenvalue weighted by Gasteiger charge is 2.03. The molecular formula is C9H10FNO3. The van der Waals surface area contributed by atoms with Crippen LogP contribution in [-0.2, 0) is 9.53 Å². The number of rotatable bonds is 4. The molecule has 0 bridgehead atoms. The number of carbonyl (C=O) groups is 1. The van der Waals surface area contributed by atoms with Gasteiger partial charge in [-0.3, -0.25) is 0 Å². The molecule has 0 spiro atoms. The van der Waals surface area contributed by atoms with Crippen molar-refractivity contribution in [2.45, 2.75) is 6.92 Å². The van der Waals surface area contributed by atoms with E-state index in [1.807, 2.05) is 0 Å². The van der Waals surface area contributed by atoms with Crippen LogP contribution >= 0.6 is 0 Å². The van der Waals surface area contributed by atoms with Crippen molar-refractivity contribution in [3.05, 3.63) is 24.1 Å². The Bertz CT molecular complexity index is 299. The SMILES string of the molecule is CCOC(=O)COc1ccc(F)cn1. The predicted molar refractivity (Wildman–Crippen MR) is 46.3 cm³/mol. The number of hydrogen-bond donors (Lipinski definition) is 0. The molecule has 4 nitrogen and oxygen atoms in total. The Morgan fingerprint density at radius 2 is 2.36 bits per heavy atom. The summed E-state index contributed by atoms with van der Waals surface area (Å²) in [6.07, 6.45) is 1.01. The molecule has 1 heterocycles. The smallest absolute Gasteiger partial charge is 0.344 e. The van der Waals surface area contributed by atoms with Gasteiger partial charge in [-0.1, -0.05) is 0 Å². The van der Waals surface area contributed by atoms with E-state index in [1.165, 1.54) is 12.1 Å². The topological polar surface area (TPSA) is 48.4 Å². The van der Waals surface area contributed by atoms with Crippen molar-refractivity contribution in [1.29, 1.82) is 0 Å². The number of carbonyl (C=O) groups excluding carboxylic acids is 1. The molecule has 1 aromatic heterocycles. The fourth-order valence-electron chi connectivity index (χ4n) is 0.783. The number of ether oxygens (including phenoxy) is 2. The minimum absolute atomic E-state index is 0.194. The molecule has 1 aromatic rings. The maximum absolute atomic E-state index is 12.4. The zero-order chi connectivity index (χ0) is 10.4. The molecule has 0 aliphatic rings. The van der Waals surface area contributed by atoms with Gasteiger partial charge in [0.15, 0.2) is 6.61 Å². The summed E-state index contributed by atoms with van der Waals surface area (Å²) >= 11 is 0. The molecule has 0 radical (unpaired) electrons. The van der Waals surface area contributed by atoms with Crippen molar-refractivity contribution in [2.24, 2.45) is 0 Å². The fraction of sp³-hybridized carbons (Fsp3) is 0.333. The molecule has 0 aliphatic carbocycles. The molecule has 0 aliphatic heterocycles. The van der Waals surface area contributed by atoms with Gasteiger partial charge in [0, 0.05) is 6.07 Å². The lowest BCUT2D eigenvalue weighted by Gasteiger charge is -2.03. The van der Waals surface area contributed by atoms with Gasteiger partial charge in [0.05, 0.1) is 12.8 Å². The molecule has 14 heavy (non-hydrogen) atoms. The predicted octanol–water partition coefficient (Wildman–Crippen LogP) is 1.16. The van der Waals surface area contributed by atoms with E-state index in [0.717, 1.165) is 6.20 Å². The molecule has 1 rings (SSSR count). The Morgan fingerprint density at radius 1 is 1.57 bits per heavy atom. The standard InChI is InChI=1S/C9H10FNO3/c1-2-13-9(12)6-14-8-4-3-7(10)5-11-8/h3-5H,2,6H2,1H3. The van der Waals surface area contributed by atoms with Crippen LogP contribution in [0.1, 0.15) is 6.92 Å². The van der Waals surface area contributed by atoms with E-state index in [-0.39, 0.29) is 12.5 Å². The van der Waals surface area contributed by atoms with Crippen molar-refractivity contribution >= 4 is 5.97 Å². The first-order valence-electron chi connectivity index (χ1n) is 4.12. The molecule has 0 amide bonds. The first-order valence-corrected chi connectivity index (χ1v) is 4.12. The molecule has 5 heteroatoms. The third kappa shape index (κ3) is 3.38. The highest BCUT2D eigenvalue weighted by Crippen LogP contribution is 2.05. The van der Waals surface area contributed by atoms with Crippen molar-refractivity contribution in [3.8, 4) is 5.88 Å². The second-order valence-electron chi connectivity index (χ2n) is 2.41. The van der Waals surface area contributed by atoms with Crippen molar-refractivity contribution < 1.29 is 18.7 Å². The summed E-state index contributed by atoms with van der Waals surface area (Å²) in [4.78, 5) is 14.4. The summed E-state index contributed by atoms with van der Waals surface area (Å²) in [5, 5.41) is 0. The first-order chi connectivity index (χ1) is 6.72. The maximum atomic E-state index is 12.4. The summed E-state index contributed by atoms with van der Waals surface area (Å²) in [7, 11) is 0. The summed E-state index contributed by atoms with van der Waals surface area (Å²) in [6, 6.07) is 2.54. The van der Waals surface area contributed by atoms with Gasteiger partial charge < -0.3 is 9.47 Å². The normalized spacial score (nSPS) is 9.57. The third-order valence-electron chi connectivity index (χ3n) is 1.34. The Morgan fingerprint density at radius 3 is 2.93 bits per heavy atom. The fourth-order valence-corrected chi connectivity index (χ4v) is 0.783. The van der Waals surface area contributed by atoms with Gasteiger partial charge in [0.2, 0.25) is 5.88 Å². The highest BCUT2D eigenvalue weighted by molar-refractivity contribution is 5.70. The van der Waals surface area contributed by atoms with E-state index in [4.69, 9.17) is 4.74 Å². The largest absolute Gasteiger partial charge is 0.466 e. The lowest BCUT2D eigenvalue weighted by atomic mass is 10.5. The number of pyridine rings is 1. The van der Waals surface area contributed by atoms with Crippen LogP contribution in [0.15, 0.2) is 18.3 Å². The number of nitrogens with zero attached hydrogens (tertiary/aromatic N) is 1. The second-order valence-corrected chi connectivity index (χ2v) is 2.41. The molecule has 0 unspecified atom stereocenters. The van der Waals surface area contributed by atoms with Crippen LogP contribution in [0.5, 0.6) is 5.88 Å². The number of aromatic nitrogens is 1. The van der Waals surface area contributed by atoms with E-state index in [0.29, 0.717) is 6.61 Å². The van der Waals surface area contributed by atoms with Crippen LogP contribution in [-0.4, -0.2) is 24.2 Å². The summed E-state index contributed by atoms with van der Waals surface area (Å²) < 4.78 is 21.9. The third-order valence-corrected chi connectivity index (χ3v) is 1.34. The van der Waals surface area contributed by atoms with Crippen LogP contribution in [0, 0.1) is 5.82 Å². The highest BCUT2D eigenvalue weighted by atomic mass is 19.1. The molecule has 0 atom stereocenters. The van der Waals surface area contributed by atoms with Gasteiger partial charge in [-0.15, -0.1) is 0 Å². The van der Waals surface area contributed by atoms with Crippen LogP contribution in [0.3, 0.4) is 0 Å². The van der Waals surface area contributed by atoms with Gasteiger partial charge in [-0.2, -0.15) is 0 Å². The summed E-state index contributed by atoms with van der Waals surface area (Å²) in [5.74, 6) is -0.730. The average molecular weight is 199 g/mol. The summed E-state index contributed by atoms with van der Waals surface area (Å²) in [6.45, 7) is 1.79. The molecule has 0 fully saturated rings. The average Bonchev–Trinajstić information content (AvgIpc) is 2.17. The molecule has 76 valence electrons. The van der Waals surface area contributed by atoms with Crippen LogP contribution in [0.25, 0.3) is 0 Å². The van der Waals surface area contributed by atoms with Crippen LogP contribution in [0.4, 0.5) is 4.39 Å². The van der Waals surface area contributed by atoms with Gasteiger partial charge in [-0.05, 0) is 13.0 Å². The monoisotopic (exact) mass is 199 g/mol. The summed E-state index contributed by atoms with van der Waals surface area (Å²) in [5.41, 5.74) is 0. The van der Waals surface area contributed by atoms with Gasteiger partial charge >= 0.3 is 5.97 Å². The van der Waals surface area contributed by atoms with Gasteiger partial charge in [-0.25, -0.2) is 14.2 Å². The van der Waals surface area contributed by atoms with Crippen molar-refractivity contribution in [3.63, 3.8) is 0 Å². The zero-order valence-electron chi connectivity index (χ0n) is 7.70. The number of esters is 1. The van der Waals surface area contributed by atoms with E-state index in [1.54, 1.807) is 6.92 Å². The van der Waals surface area contributed by atoms with Crippen molar-refractivity contribution in [2.75, 3.05) is 13.2 Å². The Kier molecular flexibility index (Phi) is 3.84. The quantitative estimate of drug-likeness (QED) is 0.683. The van der Waals surface area contributed by atoms with Crippen molar-refractivity contribution in [1.82, 2.24) is 4.98 Å². The van der Waals surface area contributed by atoms with Crippen LogP contribution < -0.4 is 4.74 Å². The Labute approximate surface area is 80.7 Å². The molecular weight excluding hydrogens is 189 g/mol. The van der Waals surface area contributed by atoms with Gasteiger partial charge in [0.25, 0.3) is 0 Å². The van der Waals surface area contributed by atoms with E-state index >= 15 is 0 Å². The molecule has 0 saturated heterocycles. The van der Waals surface area contributed by atoms with E-state index < -0.39 is 11.8 Å². The Hall–Kier alpha value is -1.65. The lowest BCUT2D eigenvalue weighted by Crippen LogP contribution is -2.14. The van der Waals surface area contributed by atoms with E-state index in [2.05, 4.69) is 9.72 Å². The molecule has 0 saturated carbocycles. The van der Waals surface area contributed by atoms with Crippen LogP contribution in [0.2, 0.25) is 0 Å². The zero-order valence-corrected chi connectivity index (χ0v) is 7.70. The minimum atomic E-state index is -0.473. The Balaban J connectivity index is 2.38. The number of halogens is 1. The lowest BCUT2D eigenvalue weighted by molar-refractivity contribution is -0.145. The molecule has 0 aromatic carbocycles. The van der Waals surface area contributed by atoms with E-state index in [9.17, 15) is 9.18 Å². The second kappa shape index (κ2) is 5.16. The number of hydrogen-bond acceptors (Lipinski definition) is 4. The first kappa shape index (κ1) is 10.4. The minimum Gasteiger partial charge on any atom is -0.466 e. The molecule has 0 N–H and O–H groups in total. The van der Waals surface area contributed by atoms with Gasteiger partial charge in [0.1, 0.15) is 5.82 Å². The maximum Gasteiger partial charge on any atom is 0.344 e.